The molecule has 15 heavy (non-hydrogen) atoms. The number of aryl methyl sites for hydroxylation is 1. The number of rotatable bonds is 3. The van der Waals surface area contributed by atoms with E-state index in [-0.39, 0.29) is 0 Å². The Balaban J connectivity index is 1.81. The van der Waals surface area contributed by atoms with Crippen LogP contribution < -0.4 is 5.73 Å². The van der Waals surface area contributed by atoms with E-state index in [1.54, 1.807) is 0 Å². The van der Waals surface area contributed by atoms with Crippen LogP contribution in [0.2, 0.25) is 0 Å². The summed E-state index contributed by atoms with van der Waals surface area (Å²) < 4.78 is 8.39. The number of nitrogens with two attached hydrogens (primary N) is 1. The van der Waals surface area contributed by atoms with Crippen molar-refractivity contribution in [2.45, 2.75) is 38.3 Å². The zero-order chi connectivity index (χ0) is 10.7. The molecule has 1 aromatic rings. The van der Waals surface area contributed by atoms with Gasteiger partial charge in [0.1, 0.15) is 0 Å². The molecule has 1 aliphatic rings. The van der Waals surface area contributed by atoms with Gasteiger partial charge in [-0.1, -0.05) is 0 Å². The largest absolute Gasteiger partial charge is 0.381 e. The van der Waals surface area contributed by atoms with E-state index >= 15 is 0 Å². The molecule has 2 rings (SSSR count). The number of aromatic nitrogens is 2. The molecular weight excluding hydrogens is 258 g/mol. The summed E-state index contributed by atoms with van der Waals surface area (Å²) in [6, 6.07) is 0. The average molecular weight is 274 g/mol. The number of nitrogen functional groups attached to an aromatic ring is 1. The van der Waals surface area contributed by atoms with Gasteiger partial charge < -0.3 is 10.5 Å². The van der Waals surface area contributed by atoms with Crippen LogP contribution in [0, 0.1) is 0 Å². The molecule has 1 unspecified atom stereocenters. The highest BCUT2D eigenvalue weighted by Gasteiger charge is 2.14. The molecule has 0 radical (unpaired) electrons. The van der Waals surface area contributed by atoms with Gasteiger partial charge in [-0.15, -0.1) is 0 Å². The van der Waals surface area contributed by atoms with Crippen molar-refractivity contribution in [3.63, 3.8) is 0 Å². The summed E-state index contributed by atoms with van der Waals surface area (Å²) in [5.41, 5.74) is 5.64. The first-order valence-corrected chi connectivity index (χ1v) is 6.15. The number of nitrogens with zero attached hydrogens (tertiary/aromatic N) is 2. The first-order chi connectivity index (χ1) is 7.25. The van der Waals surface area contributed by atoms with Crippen molar-refractivity contribution < 1.29 is 4.74 Å². The fraction of sp³-hybridized carbons (Fsp3) is 0.700. The van der Waals surface area contributed by atoms with Crippen LogP contribution in [0.3, 0.4) is 0 Å². The minimum atomic E-state index is 0.406. The summed E-state index contributed by atoms with van der Waals surface area (Å²) in [6.07, 6.45) is 7.01. The van der Waals surface area contributed by atoms with Crippen LogP contribution in [0.5, 0.6) is 0 Å². The lowest BCUT2D eigenvalue weighted by Gasteiger charge is -2.22. The van der Waals surface area contributed by atoms with Crippen LogP contribution in [0.1, 0.15) is 25.7 Å². The zero-order valence-electron chi connectivity index (χ0n) is 8.66. The standard InChI is InChI=1S/C10H16BrN3O/c11-9-7-14(13-10(9)12)5-4-8-3-1-2-6-15-8/h7-8H,1-6H2,(H2,12,13). The van der Waals surface area contributed by atoms with E-state index in [0.717, 1.165) is 24.0 Å². The molecule has 5 heteroatoms. The molecule has 1 fully saturated rings. The maximum Gasteiger partial charge on any atom is 0.159 e. The molecule has 1 atom stereocenters. The van der Waals surface area contributed by atoms with Gasteiger partial charge in [0.15, 0.2) is 5.82 Å². The summed E-state index contributed by atoms with van der Waals surface area (Å²) in [5.74, 6) is 0.555. The van der Waals surface area contributed by atoms with E-state index in [0.29, 0.717) is 11.9 Å². The number of ether oxygens (including phenoxy) is 1. The van der Waals surface area contributed by atoms with E-state index in [9.17, 15) is 0 Å². The van der Waals surface area contributed by atoms with Gasteiger partial charge in [0.05, 0.1) is 10.6 Å². The predicted molar refractivity (Wildman–Crippen MR) is 62.5 cm³/mol. The van der Waals surface area contributed by atoms with Crippen molar-refractivity contribution in [3.05, 3.63) is 10.7 Å². The number of anilines is 1. The molecule has 1 aromatic heterocycles. The second kappa shape index (κ2) is 4.99. The lowest BCUT2D eigenvalue weighted by Crippen LogP contribution is -2.20. The highest BCUT2D eigenvalue weighted by Crippen LogP contribution is 2.19. The molecule has 2 heterocycles. The summed E-state index contributed by atoms with van der Waals surface area (Å²) in [4.78, 5) is 0. The first-order valence-electron chi connectivity index (χ1n) is 5.36. The molecule has 0 aliphatic carbocycles. The SMILES string of the molecule is Nc1nn(CCC2CCCCO2)cc1Br. The average Bonchev–Trinajstić information content (AvgIpc) is 2.57. The molecule has 0 spiro atoms. The highest BCUT2D eigenvalue weighted by atomic mass is 79.9. The van der Waals surface area contributed by atoms with Crippen molar-refractivity contribution in [2.24, 2.45) is 0 Å². The van der Waals surface area contributed by atoms with Gasteiger partial charge >= 0.3 is 0 Å². The molecule has 0 aromatic carbocycles. The maximum atomic E-state index is 5.65. The van der Waals surface area contributed by atoms with E-state index in [4.69, 9.17) is 10.5 Å². The van der Waals surface area contributed by atoms with Gasteiger partial charge in [-0.05, 0) is 41.6 Å². The molecule has 0 amide bonds. The van der Waals surface area contributed by atoms with Crippen molar-refractivity contribution in [3.8, 4) is 0 Å². The van der Waals surface area contributed by atoms with Gasteiger partial charge in [-0.3, -0.25) is 4.68 Å². The van der Waals surface area contributed by atoms with Crippen LogP contribution >= 0.6 is 15.9 Å². The smallest absolute Gasteiger partial charge is 0.159 e. The number of hydrogen-bond donors (Lipinski definition) is 1. The molecule has 1 saturated heterocycles. The Morgan fingerprint density at radius 3 is 3.07 bits per heavy atom. The Morgan fingerprint density at radius 2 is 2.47 bits per heavy atom. The van der Waals surface area contributed by atoms with Crippen molar-refractivity contribution >= 4 is 21.7 Å². The summed E-state index contributed by atoms with van der Waals surface area (Å²) in [5, 5.41) is 4.19. The van der Waals surface area contributed by atoms with Crippen LogP contribution in [-0.2, 0) is 11.3 Å². The van der Waals surface area contributed by atoms with Crippen LogP contribution in [0.15, 0.2) is 10.7 Å². The first kappa shape index (κ1) is 11.0. The molecule has 0 saturated carbocycles. The summed E-state index contributed by atoms with van der Waals surface area (Å²) >= 11 is 3.34. The lowest BCUT2D eigenvalue weighted by atomic mass is 10.1. The van der Waals surface area contributed by atoms with Crippen LogP contribution in [0.25, 0.3) is 0 Å². The third-order valence-corrected chi connectivity index (χ3v) is 3.31. The Kier molecular flexibility index (Phi) is 3.64. The molecule has 2 N–H and O–H groups in total. The van der Waals surface area contributed by atoms with Gasteiger partial charge in [0, 0.05) is 19.3 Å². The van der Waals surface area contributed by atoms with Crippen LogP contribution in [-0.4, -0.2) is 22.5 Å². The third-order valence-electron chi connectivity index (χ3n) is 2.70. The maximum absolute atomic E-state index is 5.65. The second-order valence-electron chi connectivity index (χ2n) is 3.90. The summed E-state index contributed by atoms with van der Waals surface area (Å²) in [6.45, 7) is 1.79. The van der Waals surface area contributed by atoms with E-state index in [1.165, 1.54) is 19.3 Å². The molecule has 84 valence electrons. The van der Waals surface area contributed by atoms with Crippen molar-refractivity contribution in [1.82, 2.24) is 9.78 Å². The van der Waals surface area contributed by atoms with Gasteiger partial charge in [0.2, 0.25) is 0 Å². The Morgan fingerprint density at radius 1 is 1.60 bits per heavy atom. The minimum absolute atomic E-state index is 0.406. The van der Waals surface area contributed by atoms with E-state index in [1.807, 2.05) is 10.9 Å². The molecule has 0 bridgehead atoms. The van der Waals surface area contributed by atoms with Crippen LogP contribution in [0.4, 0.5) is 5.82 Å². The quantitative estimate of drug-likeness (QED) is 0.919. The topological polar surface area (TPSA) is 53.1 Å². The number of halogens is 1. The third kappa shape index (κ3) is 2.95. The molecule has 4 nitrogen and oxygen atoms in total. The Hall–Kier alpha value is -0.550. The Labute approximate surface area is 97.9 Å². The second-order valence-corrected chi connectivity index (χ2v) is 4.76. The summed E-state index contributed by atoms with van der Waals surface area (Å²) in [7, 11) is 0. The predicted octanol–water partition coefficient (Wildman–Crippen LogP) is 2.19. The normalized spacial score (nSPS) is 21.8. The van der Waals surface area contributed by atoms with Crippen molar-refractivity contribution in [2.75, 3.05) is 12.3 Å². The highest BCUT2D eigenvalue weighted by molar-refractivity contribution is 9.10. The fourth-order valence-electron chi connectivity index (χ4n) is 1.84. The molecular formula is C10H16BrN3O. The van der Waals surface area contributed by atoms with E-state index < -0.39 is 0 Å². The molecule has 1 aliphatic heterocycles. The number of hydrogen-bond acceptors (Lipinski definition) is 3. The van der Waals surface area contributed by atoms with Crippen molar-refractivity contribution in [1.29, 1.82) is 0 Å². The monoisotopic (exact) mass is 273 g/mol. The zero-order valence-corrected chi connectivity index (χ0v) is 10.2. The minimum Gasteiger partial charge on any atom is -0.381 e. The van der Waals surface area contributed by atoms with Gasteiger partial charge in [-0.2, -0.15) is 5.10 Å². The lowest BCUT2D eigenvalue weighted by molar-refractivity contribution is 0.00829. The van der Waals surface area contributed by atoms with Gasteiger partial charge in [-0.25, -0.2) is 0 Å². The fourth-order valence-corrected chi connectivity index (χ4v) is 2.15. The Bertz CT molecular complexity index is 301. The van der Waals surface area contributed by atoms with E-state index in [2.05, 4.69) is 21.0 Å². The van der Waals surface area contributed by atoms with Gasteiger partial charge in [0.25, 0.3) is 0 Å².